The first kappa shape index (κ1) is 15.6. The van der Waals surface area contributed by atoms with Gasteiger partial charge in [0.15, 0.2) is 0 Å². The summed E-state index contributed by atoms with van der Waals surface area (Å²) in [6.45, 7) is 16.3. The van der Waals surface area contributed by atoms with E-state index in [2.05, 4.69) is 47.3 Å². The molecule has 1 aliphatic heterocycles. The summed E-state index contributed by atoms with van der Waals surface area (Å²) in [4.78, 5) is 0. The predicted molar refractivity (Wildman–Crippen MR) is 89.3 cm³/mol. The van der Waals surface area contributed by atoms with Crippen molar-refractivity contribution >= 4 is 0 Å². The third kappa shape index (κ3) is 1.99. The Kier molecular flexibility index (Phi) is 3.41. The van der Waals surface area contributed by atoms with Crippen LogP contribution in [-0.2, 0) is 4.74 Å². The molecule has 2 aliphatic carbocycles. The van der Waals surface area contributed by atoms with Gasteiger partial charge in [-0.15, -0.1) is 6.58 Å². The molecule has 1 saturated heterocycles. The van der Waals surface area contributed by atoms with Gasteiger partial charge in [-0.1, -0.05) is 40.2 Å². The fourth-order valence-electron chi connectivity index (χ4n) is 6.40. The highest BCUT2D eigenvalue weighted by atomic mass is 16.5. The van der Waals surface area contributed by atoms with Crippen molar-refractivity contribution in [1.82, 2.24) is 0 Å². The largest absolute Gasteiger partial charge is 0.364 e. The molecule has 1 heteroatoms. The topological polar surface area (TPSA) is 9.23 Å². The fraction of sp³-hybridized carbons (Fsp3) is 0.900. The second kappa shape index (κ2) is 4.60. The van der Waals surface area contributed by atoms with Crippen LogP contribution in [-0.4, -0.2) is 11.2 Å². The van der Waals surface area contributed by atoms with E-state index in [1.54, 1.807) is 0 Å². The molecular formula is C20H34O. The summed E-state index contributed by atoms with van der Waals surface area (Å²) < 4.78 is 6.89. The van der Waals surface area contributed by atoms with Crippen molar-refractivity contribution in [3.8, 4) is 0 Å². The van der Waals surface area contributed by atoms with Crippen LogP contribution < -0.4 is 0 Å². The highest BCUT2D eigenvalue weighted by molar-refractivity contribution is 5.17. The lowest BCUT2D eigenvalue weighted by molar-refractivity contribution is -0.236. The first-order valence-corrected chi connectivity index (χ1v) is 9.03. The van der Waals surface area contributed by atoms with E-state index in [9.17, 15) is 0 Å². The van der Waals surface area contributed by atoms with Gasteiger partial charge in [0, 0.05) is 5.41 Å². The lowest BCUT2D eigenvalue weighted by atomic mass is 9.44. The molecule has 0 unspecified atom stereocenters. The molecule has 120 valence electrons. The Labute approximate surface area is 131 Å². The maximum absolute atomic E-state index is 6.89. The zero-order valence-electron chi connectivity index (χ0n) is 14.8. The first-order chi connectivity index (χ1) is 9.69. The Bertz CT molecular complexity index is 439. The SMILES string of the molecule is C=C[C@]1(C)CC[C@@]2(O1)[C@@H](C)CC[C@H]1C(C)(C)CCC[C@@]12C. The van der Waals surface area contributed by atoms with Gasteiger partial charge in [-0.05, 0) is 62.7 Å². The summed E-state index contributed by atoms with van der Waals surface area (Å²) in [5.41, 5.74) is 0.779. The molecule has 21 heavy (non-hydrogen) atoms. The molecule has 2 saturated carbocycles. The molecule has 0 radical (unpaired) electrons. The Morgan fingerprint density at radius 2 is 1.71 bits per heavy atom. The zero-order valence-corrected chi connectivity index (χ0v) is 14.8. The molecule has 0 bridgehead atoms. The van der Waals surface area contributed by atoms with Crippen LogP contribution in [0.4, 0.5) is 0 Å². The van der Waals surface area contributed by atoms with Gasteiger partial charge in [0.25, 0.3) is 0 Å². The van der Waals surface area contributed by atoms with E-state index in [4.69, 9.17) is 4.74 Å². The Balaban J connectivity index is 2.04. The van der Waals surface area contributed by atoms with Crippen LogP contribution in [0.3, 0.4) is 0 Å². The van der Waals surface area contributed by atoms with Crippen LogP contribution in [0.15, 0.2) is 12.7 Å². The molecule has 0 N–H and O–H groups in total. The maximum Gasteiger partial charge on any atom is 0.0840 e. The average molecular weight is 290 g/mol. The van der Waals surface area contributed by atoms with Crippen molar-refractivity contribution in [3.05, 3.63) is 12.7 Å². The molecule has 1 spiro atoms. The van der Waals surface area contributed by atoms with Crippen LogP contribution in [0.5, 0.6) is 0 Å². The molecule has 3 fully saturated rings. The van der Waals surface area contributed by atoms with Gasteiger partial charge >= 0.3 is 0 Å². The fourth-order valence-corrected chi connectivity index (χ4v) is 6.40. The molecular weight excluding hydrogens is 256 g/mol. The molecule has 3 aliphatic rings. The standard InChI is InChI=1S/C20H34O/c1-7-18(5)13-14-20(21-18)15(2)9-10-16-17(3,4)11-8-12-19(16,20)6/h7,15-16H,1,8-14H2,2-6H3/t15-,16-,18+,19-,20+/m0/s1. The molecule has 5 atom stereocenters. The highest BCUT2D eigenvalue weighted by Gasteiger charge is 2.65. The van der Waals surface area contributed by atoms with Gasteiger partial charge in [-0.2, -0.15) is 0 Å². The normalized spacial score (nSPS) is 52.6. The average Bonchev–Trinajstić information content (AvgIpc) is 2.76. The molecule has 0 aromatic heterocycles. The van der Waals surface area contributed by atoms with Crippen molar-refractivity contribution in [1.29, 1.82) is 0 Å². The van der Waals surface area contributed by atoms with Crippen molar-refractivity contribution in [2.45, 2.75) is 90.8 Å². The molecule has 0 aromatic carbocycles. The Morgan fingerprint density at radius 1 is 1.00 bits per heavy atom. The summed E-state index contributed by atoms with van der Waals surface area (Å²) in [5, 5.41) is 0. The lowest BCUT2D eigenvalue weighted by Crippen LogP contribution is -2.62. The minimum absolute atomic E-state index is 0.0799. The van der Waals surface area contributed by atoms with Crippen molar-refractivity contribution in [2.24, 2.45) is 22.7 Å². The van der Waals surface area contributed by atoms with Crippen LogP contribution in [0.2, 0.25) is 0 Å². The minimum Gasteiger partial charge on any atom is -0.364 e. The second-order valence-electron chi connectivity index (χ2n) is 9.30. The minimum atomic E-state index is -0.110. The van der Waals surface area contributed by atoms with Crippen LogP contribution in [0.25, 0.3) is 0 Å². The number of hydrogen-bond acceptors (Lipinski definition) is 1. The van der Waals surface area contributed by atoms with Crippen LogP contribution in [0, 0.1) is 22.7 Å². The van der Waals surface area contributed by atoms with Crippen LogP contribution >= 0.6 is 0 Å². The molecule has 3 rings (SSSR count). The quantitative estimate of drug-likeness (QED) is 0.559. The number of hydrogen-bond donors (Lipinski definition) is 0. The van der Waals surface area contributed by atoms with Gasteiger partial charge in [0.1, 0.15) is 0 Å². The predicted octanol–water partition coefficient (Wildman–Crippen LogP) is 5.74. The van der Waals surface area contributed by atoms with Gasteiger partial charge in [0.2, 0.25) is 0 Å². The van der Waals surface area contributed by atoms with Gasteiger partial charge in [-0.3, -0.25) is 0 Å². The number of rotatable bonds is 1. The van der Waals surface area contributed by atoms with Crippen molar-refractivity contribution < 1.29 is 4.74 Å². The summed E-state index contributed by atoms with van der Waals surface area (Å²) in [7, 11) is 0. The van der Waals surface area contributed by atoms with E-state index in [-0.39, 0.29) is 11.2 Å². The summed E-state index contributed by atoms with van der Waals surface area (Å²) in [6.07, 6.45) is 11.2. The lowest BCUT2D eigenvalue weighted by Gasteiger charge is -2.63. The zero-order chi connectivity index (χ0) is 15.5. The van der Waals surface area contributed by atoms with E-state index in [1.165, 1.54) is 38.5 Å². The molecule has 1 nitrogen and oxygen atoms in total. The maximum atomic E-state index is 6.89. The van der Waals surface area contributed by atoms with E-state index < -0.39 is 0 Å². The molecule has 0 amide bonds. The van der Waals surface area contributed by atoms with Gasteiger partial charge < -0.3 is 4.74 Å². The van der Waals surface area contributed by atoms with Crippen LogP contribution in [0.1, 0.15) is 79.6 Å². The highest BCUT2D eigenvalue weighted by Crippen LogP contribution is 2.67. The third-order valence-electron chi connectivity index (χ3n) is 7.72. The third-order valence-corrected chi connectivity index (χ3v) is 7.72. The van der Waals surface area contributed by atoms with Gasteiger partial charge in [0.05, 0.1) is 11.2 Å². The van der Waals surface area contributed by atoms with Crippen molar-refractivity contribution in [3.63, 3.8) is 0 Å². The van der Waals surface area contributed by atoms with Crippen molar-refractivity contribution in [2.75, 3.05) is 0 Å². The summed E-state index contributed by atoms with van der Waals surface area (Å²) in [5.74, 6) is 1.48. The summed E-state index contributed by atoms with van der Waals surface area (Å²) in [6, 6.07) is 0. The van der Waals surface area contributed by atoms with E-state index in [0.717, 1.165) is 12.3 Å². The second-order valence-corrected chi connectivity index (χ2v) is 9.30. The smallest absolute Gasteiger partial charge is 0.0840 e. The number of fused-ring (bicyclic) bond motifs is 2. The van der Waals surface area contributed by atoms with Gasteiger partial charge in [-0.25, -0.2) is 0 Å². The Morgan fingerprint density at radius 3 is 2.33 bits per heavy atom. The van der Waals surface area contributed by atoms with E-state index in [1.807, 2.05) is 0 Å². The monoisotopic (exact) mass is 290 g/mol. The number of ether oxygens (including phenoxy) is 1. The Hall–Kier alpha value is -0.300. The van der Waals surface area contributed by atoms with E-state index >= 15 is 0 Å². The summed E-state index contributed by atoms with van der Waals surface area (Å²) >= 11 is 0. The molecule has 1 heterocycles. The van der Waals surface area contributed by atoms with E-state index in [0.29, 0.717) is 16.7 Å². The molecule has 0 aromatic rings. The first-order valence-electron chi connectivity index (χ1n) is 9.03.